The second-order valence-corrected chi connectivity index (χ2v) is 18.2. The van der Waals surface area contributed by atoms with Gasteiger partial charge in [-0.25, -0.2) is 0 Å². The van der Waals surface area contributed by atoms with Crippen molar-refractivity contribution in [1.82, 2.24) is 0 Å². The summed E-state index contributed by atoms with van der Waals surface area (Å²) in [6.07, 6.45) is 0. The Morgan fingerprint density at radius 2 is 0.783 bits per heavy atom. The Balaban J connectivity index is 0.954. The van der Waals surface area contributed by atoms with E-state index in [2.05, 4.69) is 206 Å². The van der Waals surface area contributed by atoms with Gasteiger partial charge in [0.1, 0.15) is 34.2 Å². The lowest BCUT2D eigenvalue weighted by Gasteiger charge is -2.35. The maximum Gasteiger partial charge on any atom is 0.260 e. The molecular weight excluding hydrogens is 848 g/mol. The van der Waals surface area contributed by atoms with Crippen molar-refractivity contribution in [3.63, 3.8) is 0 Å². The molecule has 0 fully saturated rings. The highest BCUT2D eigenvalue weighted by atomic mass is 16.5. The average molecular weight is 889 g/mol. The van der Waals surface area contributed by atoms with Gasteiger partial charge in [-0.2, -0.15) is 0 Å². The Kier molecular flexibility index (Phi) is 8.71. The van der Waals surface area contributed by atoms with Gasteiger partial charge in [0.25, 0.3) is 6.71 Å². The molecular formula is C62H41BN2O4. The second-order valence-electron chi connectivity index (χ2n) is 18.2. The van der Waals surface area contributed by atoms with Crippen molar-refractivity contribution in [2.75, 3.05) is 9.80 Å². The highest BCUT2D eigenvalue weighted by molar-refractivity contribution is 6.98. The molecule has 10 aromatic carbocycles. The lowest BCUT2D eigenvalue weighted by atomic mass is 9.35. The molecule has 7 heteroatoms. The van der Waals surface area contributed by atoms with Crippen LogP contribution in [0.2, 0.25) is 0 Å². The molecule has 0 spiro atoms. The van der Waals surface area contributed by atoms with Crippen molar-refractivity contribution in [3.8, 4) is 34.1 Å². The maximum atomic E-state index is 7.12. The standard InChI is InChI=1S/C62H41BN2O4/c1-38-22-26-42(27-23-38)64(52-18-10-16-48-46-14-6-8-20-54(46)68-61(48)52)44-30-32-50-56(36-44)66-58-34-41(40-12-4-3-5-13-40)35-59-60(58)63(50)51-33-31-45(37-57(51)67-59)65(43-28-24-39(2)25-29-43)53-19-11-17-49-47-15-7-9-21-55(47)69-62(49)53/h3-37H,1-2H3. The molecule has 69 heavy (non-hydrogen) atoms. The molecule has 0 bridgehead atoms. The lowest BCUT2D eigenvalue weighted by molar-refractivity contribution is 0.465. The van der Waals surface area contributed by atoms with Crippen LogP contribution in [0.3, 0.4) is 0 Å². The molecule has 0 aliphatic carbocycles. The number of para-hydroxylation sites is 4. The number of fused-ring (bicyclic) bond motifs is 10. The molecule has 0 unspecified atom stereocenters. The minimum Gasteiger partial charge on any atom is -0.458 e. The monoisotopic (exact) mass is 888 g/mol. The van der Waals surface area contributed by atoms with Gasteiger partial charge in [-0.3, -0.25) is 0 Å². The number of ether oxygens (including phenoxy) is 2. The summed E-state index contributed by atoms with van der Waals surface area (Å²) in [5.41, 5.74) is 16.8. The normalized spacial score (nSPS) is 12.4. The molecule has 4 heterocycles. The van der Waals surface area contributed by atoms with Crippen LogP contribution < -0.4 is 35.7 Å². The minimum atomic E-state index is -0.173. The van der Waals surface area contributed by atoms with Crippen LogP contribution in [-0.4, -0.2) is 6.71 Å². The molecule has 0 N–H and O–H groups in total. The number of hydrogen-bond acceptors (Lipinski definition) is 6. The fourth-order valence-electron chi connectivity index (χ4n) is 10.6. The number of rotatable bonds is 7. The second kappa shape index (κ2) is 15.3. The first kappa shape index (κ1) is 39.3. The van der Waals surface area contributed by atoms with Crippen molar-refractivity contribution < 1.29 is 18.3 Å². The van der Waals surface area contributed by atoms with Crippen molar-refractivity contribution >= 4 is 101 Å². The molecule has 12 aromatic rings. The topological polar surface area (TPSA) is 51.2 Å². The summed E-state index contributed by atoms with van der Waals surface area (Å²) in [5.74, 6) is 3.11. The van der Waals surface area contributed by atoms with Gasteiger partial charge in [0.15, 0.2) is 11.2 Å². The van der Waals surface area contributed by atoms with Crippen molar-refractivity contribution in [2.24, 2.45) is 0 Å². The Hall–Kier alpha value is -8.94. The summed E-state index contributed by atoms with van der Waals surface area (Å²) in [6, 6.07) is 74.6. The molecule has 2 aliphatic heterocycles. The van der Waals surface area contributed by atoms with E-state index >= 15 is 0 Å². The SMILES string of the molecule is Cc1ccc(N(c2ccc3c(c2)Oc2cc(-c4ccccc4)cc4c2B3c2ccc(N(c3ccc(C)cc3)c3cccc5c3oc3ccccc35)cc2O4)c2cccc3c2oc2ccccc23)cc1. The highest BCUT2D eigenvalue weighted by Gasteiger charge is 2.41. The third-order valence-electron chi connectivity index (χ3n) is 13.9. The number of nitrogens with zero attached hydrogens (tertiary/aromatic N) is 2. The summed E-state index contributed by atoms with van der Waals surface area (Å²) in [5, 5.41) is 4.31. The van der Waals surface area contributed by atoms with Gasteiger partial charge < -0.3 is 28.1 Å². The van der Waals surface area contributed by atoms with E-state index < -0.39 is 0 Å². The van der Waals surface area contributed by atoms with Gasteiger partial charge in [0.2, 0.25) is 0 Å². The van der Waals surface area contributed by atoms with Crippen LogP contribution in [0.25, 0.3) is 55.0 Å². The molecule has 0 saturated heterocycles. The number of furan rings is 2. The molecule has 0 saturated carbocycles. The van der Waals surface area contributed by atoms with E-state index in [-0.39, 0.29) is 6.71 Å². The Labute approximate surface area is 398 Å². The minimum absolute atomic E-state index is 0.173. The zero-order valence-corrected chi connectivity index (χ0v) is 37.8. The van der Waals surface area contributed by atoms with Crippen LogP contribution in [0.15, 0.2) is 221 Å². The van der Waals surface area contributed by atoms with Crippen LogP contribution in [0, 0.1) is 13.8 Å². The van der Waals surface area contributed by atoms with E-state index in [1.807, 2.05) is 30.3 Å². The zero-order valence-electron chi connectivity index (χ0n) is 37.8. The number of aryl methyl sites for hydroxylation is 2. The van der Waals surface area contributed by atoms with E-state index in [1.165, 1.54) is 11.1 Å². The van der Waals surface area contributed by atoms with Crippen LogP contribution in [0.5, 0.6) is 23.0 Å². The molecule has 2 aromatic heterocycles. The maximum absolute atomic E-state index is 7.12. The van der Waals surface area contributed by atoms with E-state index in [0.717, 1.165) is 129 Å². The zero-order chi connectivity index (χ0) is 45.7. The Morgan fingerprint density at radius 3 is 1.28 bits per heavy atom. The summed E-state index contributed by atoms with van der Waals surface area (Å²) >= 11 is 0. The third-order valence-corrected chi connectivity index (χ3v) is 13.9. The van der Waals surface area contributed by atoms with Gasteiger partial charge in [-0.05, 0) is 109 Å². The van der Waals surface area contributed by atoms with Gasteiger partial charge >= 0.3 is 0 Å². The fourth-order valence-corrected chi connectivity index (χ4v) is 10.6. The number of anilines is 6. The molecule has 0 amide bonds. The fraction of sp³-hybridized carbons (Fsp3) is 0.0323. The van der Waals surface area contributed by atoms with Crippen molar-refractivity contribution in [2.45, 2.75) is 13.8 Å². The van der Waals surface area contributed by atoms with Gasteiger partial charge in [0, 0.05) is 61.9 Å². The predicted molar refractivity (Wildman–Crippen MR) is 283 cm³/mol. The largest absolute Gasteiger partial charge is 0.458 e. The summed E-state index contributed by atoms with van der Waals surface area (Å²) in [6.45, 7) is 4.06. The van der Waals surface area contributed by atoms with E-state index in [9.17, 15) is 0 Å². The molecule has 2 aliphatic rings. The van der Waals surface area contributed by atoms with Gasteiger partial charge in [0.05, 0.1) is 11.4 Å². The first-order chi connectivity index (χ1) is 34.0. The van der Waals surface area contributed by atoms with Crippen LogP contribution in [0.4, 0.5) is 34.1 Å². The quantitative estimate of drug-likeness (QED) is 0.149. The van der Waals surface area contributed by atoms with E-state index in [4.69, 9.17) is 18.3 Å². The first-order valence-electron chi connectivity index (χ1n) is 23.4. The van der Waals surface area contributed by atoms with Crippen molar-refractivity contribution in [3.05, 3.63) is 223 Å². The molecule has 0 atom stereocenters. The number of hydrogen-bond donors (Lipinski definition) is 0. The summed E-state index contributed by atoms with van der Waals surface area (Å²) in [4.78, 5) is 4.56. The van der Waals surface area contributed by atoms with Crippen LogP contribution >= 0.6 is 0 Å². The average Bonchev–Trinajstić information content (AvgIpc) is 3.97. The molecule has 14 rings (SSSR count). The lowest BCUT2D eigenvalue weighted by Crippen LogP contribution is -2.57. The predicted octanol–water partition coefficient (Wildman–Crippen LogP) is 15.4. The summed E-state index contributed by atoms with van der Waals surface area (Å²) < 4.78 is 27.6. The smallest absolute Gasteiger partial charge is 0.260 e. The van der Waals surface area contributed by atoms with Gasteiger partial charge in [-0.15, -0.1) is 0 Å². The highest BCUT2D eigenvalue weighted by Crippen LogP contribution is 2.47. The van der Waals surface area contributed by atoms with Crippen molar-refractivity contribution in [1.29, 1.82) is 0 Å². The first-order valence-corrected chi connectivity index (χ1v) is 23.4. The molecule has 326 valence electrons. The third kappa shape index (κ3) is 6.28. The van der Waals surface area contributed by atoms with E-state index in [0.29, 0.717) is 0 Å². The Bertz CT molecular complexity index is 3770. The molecule has 0 radical (unpaired) electrons. The molecule has 6 nitrogen and oxygen atoms in total. The number of benzene rings is 10. The van der Waals surface area contributed by atoms with Crippen LogP contribution in [0.1, 0.15) is 11.1 Å². The Morgan fingerprint density at radius 1 is 0.348 bits per heavy atom. The van der Waals surface area contributed by atoms with Crippen LogP contribution in [-0.2, 0) is 0 Å². The summed E-state index contributed by atoms with van der Waals surface area (Å²) in [7, 11) is 0. The van der Waals surface area contributed by atoms with Gasteiger partial charge in [-0.1, -0.05) is 139 Å². The van der Waals surface area contributed by atoms with E-state index in [1.54, 1.807) is 0 Å².